The van der Waals surface area contributed by atoms with Crippen LogP contribution < -0.4 is 10.9 Å². The van der Waals surface area contributed by atoms with Gasteiger partial charge in [-0.15, -0.1) is 0 Å². The van der Waals surface area contributed by atoms with Gasteiger partial charge in [-0.25, -0.2) is 0 Å². The minimum Gasteiger partial charge on any atom is -0.481 e. The molecule has 0 bridgehead atoms. The van der Waals surface area contributed by atoms with Crippen LogP contribution in [0.2, 0.25) is 0 Å². The van der Waals surface area contributed by atoms with Crippen LogP contribution in [0.15, 0.2) is 53.3 Å². The van der Waals surface area contributed by atoms with Crippen LogP contribution in [0.25, 0.3) is 10.8 Å². The number of rotatable bonds is 3. The van der Waals surface area contributed by atoms with E-state index in [1.807, 2.05) is 24.3 Å². The lowest BCUT2D eigenvalue weighted by Crippen LogP contribution is -2.30. The quantitative estimate of drug-likeness (QED) is 0.667. The molecule has 1 amide bonds. The van der Waals surface area contributed by atoms with Crippen LogP contribution in [-0.4, -0.2) is 22.0 Å². The zero-order valence-corrected chi connectivity index (χ0v) is 14.7. The van der Waals surface area contributed by atoms with E-state index in [2.05, 4.69) is 10.3 Å². The number of carboxylic acid groups (broad SMARTS) is 1. The Hall–Kier alpha value is -3.41. The number of benzene rings is 2. The summed E-state index contributed by atoms with van der Waals surface area (Å²) in [5.74, 6) is -1.97. The van der Waals surface area contributed by atoms with Crippen molar-refractivity contribution < 1.29 is 14.7 Å². The number of amides is 1. The maximum absolute atomic E-state index is 12.9. The van der Waals surface area contributed by atoms with E-state index in [0.717, 1.165) is 16.5 Å². The minimum absolute atomic E-state index is 0.204. The molecule has 2 atom stereocenters. The summed E-state index contributed by atoms with van der Waals surface area (Å²) in [6.45, 7) is 1.79. The fourth-order valence-electron chi connectivity index (χ4n) is 3.88. The van der Waals surface area contributed by atoms with Crippen molar-refractivity contribution in [3.05, 3.63) is 81.3 Å². The second-order valence-corrected chi connectivity index (χ2v) is 6.78. The average molecular weight is 362 g/mol. The molecular formula is C21H18N2O4. The number of carbonyl (C=O) groups is 2. The normalized spacial score (nSPS) is 18.3. The lowest BCUT2D eigenvalue weighted by atomic mass is 10.0. The highest BCUT2D eigenvalue weighted by Gasteiger charge is 2.36. The van der Waals surface area contributed by atoms with E-state index in [1.54, 1.807) is 31.2 Å². The largest absolute Gasteiger partial charge is 0.481 e. The first-order valence-electron chi connectivity index (χ1n) is 8.71. The van der Waals surface area contributed by atoms with Crippen LogP contribution in [0.3, 0.4) is 0 Å². The number of hydrogen-bond acceptors (Lipinski definition) is 3. The van der Waals surface area contributed by atoms with Gasteiger partial charge in [0.1, 0.15) is 5.69 Å². The van der Waals surface area contributed by atoms with Crippen molar-refractivity contribution in [2.75, 3.05) is 0 Å². The Morgan fingerprint density at radius 2 is 1.67 bits per heavy atom. The number of H-pyrrole nitrogens is 1. The first-order valence-corrected chi connectivity index (χ1v) is 8.71. The number of pyridine rings is 1. The summed E-state index contributed by atoms with van der Waals surface area (Å²) in [5, 5.41) is 13.6. The molecule has 2 aromatic carbocycles. The van der Waals surface area contributed by atoms with Crippen molar-refractivity contribution in [3.8, 4) is 0 Å². The summed E-state index contributed by atoms with van der Waals surface area (Å²) in [4.78, 5) is 39.4. The molecular weight excluding hydrogens is 344 g/mol. The van der Waals surface area contributed by atoms with Crippen LogP contribution in [0.1, 0.15) is 45.6 Å². The number of aromatic amines is 1. The number of fused-ring (bicyclic) bond motifs is 2. The van der Waals surface area contributed by atoms with E-state index in [4.69, 9.17) is 0 Å². The number of aliphatic carboxylic acids is 1. The Morgan fingerprint density at radius 3 is 2.37 bits per heavy atom. The van der Waals surface area contributed by atoms with Gasteiger partial charge in [0.05, 0.1) is 12.0 Å². The molecule has 0 aliphatic heterocycles. The number of aryl methyl sites for hydroxylation is 1. The van der Waals surface area contributed by atoms with Gasteiger partial charge >= 0.3 is 5.97 Å². The number of carboxylic acids is 1. The smallest absolute Gasteiger partial charge is 0.311 e. The SMILES string of the molecule is Cc1c(C(=O)N[C@@H]2C[C@H](C(=O)O)c3ccccc32)[nH]c(=O)c2ccccc12. The summed E-state index contributed by atoms with van der Waals surface area (Å²) in [5.41, 5.74) is 2.09. The van der Waals surface area contributed by atoms with E-state index in [0.29, 0.717) is 10.9 Å². The standard InChI is InChI=1S/C21H18N2O4/c1-11-12-6-2-5-9-15(12)19(24)23-18(11)20(25)22-17-10-16(21(26)27)13-7-3-4-8-14(13)17/h2-9,16-17H,10H2,1H3,(H,22,25)(H,23,24)(H,26,27)/t16-,17+/m0/s1. The lowest BCUT2D eigenvalue weighted by molar-refractivity contribution is -0.138. The third-order valence-corrected chi connectivity index (χ3v) is 5.24. The first-order chi connectivity index (χ1) is 13.0. The van der Waals surface area contributed by atoms with Gasteiger partial charge in [0.25, 0.3) is 11.5 Å². The lowest BCUT2D eigenvalue weighted by Gasteiger charge is -2.16. The second-order valence-electron chi connectivity index (χ2n) is 6.78. The van der Waals surface area contributed by atoms with Crippen LogP contribution in [0.5, 0.6) is 0 Å². The van der Waals surface area contributed by atoms with Gasteiger partial charge in [-0.2, -0.15) is 0 Å². The van der Waals surface area contributed by atoms with Crippen LogP contribution in [0, 0.1) is 6.92 Å². The molecule has 1 heterocycles. The van der Waals surface area contributed by atoms with Gasteiger partial charge in [0.2, 0.25) is 0 Å². The molecule has 1 aliphatic carbocycles. The number of carbonyl (C=O) groups excluding carboxylic acids is 1. The Kier molecular flexibility index (Phi) is 4.03. The molecule has 3 aromatic rings. The topological polar surface area (TPSA) is 99.3 Å². The third kappa shape index (κ3) is 2.79. The highest BCUT2D eigenvalue weighted by molar-refractivity contribution is 5.99. The van der Waals surface area contributed by atoms with E-state index >= 15 is 0 Å². The van der Waals surface area contributed by atoms with Crippen molar-refractivity contribution in [3.63, 3.8) is 0 Å². The summed E-state index contributed by atoms with van der Waals surface area (Å²) in [7, 11) is 0. The van der Waals surface area contributed by atoms with Crippen molar-refractivity contribution in [2.45, 2.75) is 25.3 Å². The summed E-state index contributed by atoms with van der Waals surface area (Å²) < 4.78 is 0. The average Bonchev–Trinajstić information content (AvgIpc) is 3.03. The van der Waals surface area contributed by atoms with E-state index in [-0.39, 0.29) is 17.7 Å². The Morgan fingerprint density at radius 1 is 1.04 bits per heavy atom. The molecule has 4 rings (SSSR count). The van der Waals surface area contributed by atoms with Gasteiger partial charge in [0.15, 0.2) is 0 Å². The van der Waals surface area contributed by atoms with Crippen molar-refractivity contribution in [1.82, 2.24) is 10.3 Å². The third-order valence-electron chi connectivity index (χ3n) is 5.24. The first kappa shape index (κ1) is 17.0. The summed E-state index contributed by atoms with van der Waals surface area (Å²) in [6.07, 6.45) is 0.289. The highest BCUT2D eigenvalue weighted by Crippen LogP contribution is 2.40. The van der Waals surface area contributed by atoms with Gasteiger partial charge < -0.3 is 15.4 Å². The molecule has 0 fully saturated rings. The fourth-order valence-corrected chi connectivity index (χ4v) is 3.88. The van der Waals surface area contributed by atoms with Crippen molar-refractivity contribution in [2.24, 2.45) is 0 Å². The van der Waals surface area contributed by atoms with E-state index in [9.17, 15) is 19.5 Å². The van der Waals surface area contributed by atoms with E-state index in [1.165, 1.54) is 0 Å². The Balaban J connectivity index is 1.70. The molecule has 3 N–H and O–H groups in total. The zero-order chi connectivity index (χ0) is 19.1. The summed E-state index contributed by atoms with van der Waals surface area (Å²) >= 11 is 0. The van der Waals surface area contributed by atoms with Gasteiger partial charge in [-0.05, 0) is 41.5 Å². The predicted molar refractivity (Wildman–Crippen MR) is 101 cm³/mol. The molecule has 0 spiro atoms. The zero-order valence-electron chi connectivity index (χ0n) is 14.7. The van der Waals surface area contributed by atoms with Crippen molar-refractivity contribution >= 4 is 22.6 Å². The maximum Gasteiger partial charge on any atom is 0.311 e. The van der Waals surface area contributed by atoms with Gasteiger partial charge in [0, 0.05) is 5.39 Å². The maximum atomic E-state index is 12.9. The van der Waals surface area contributed by atoms with Crippen LogP contribution >= 0.6 is 0 Å². The Labute approximate surface area is 154 Å². The molecule has 27 heavy (non-hydrogen) atoms. The van der Waals surface area contributed by atoms with Crippen LogP contribution in [0.4, 0.5) is 0 Å². The van der Waals surface area contributed by atoms with Gasteiger partial charge in [-0.1, -0.05) is 42.5 Å². The predicted octanol–water partition coefficient (Wildman–Crippen LogP) is 2.88. The van der Waals surface area contributed by atoms with E-state index < -0.39 is 23.8 Å². The minimum atomic E-state index is -0.908. The highest BCUT2D eigenvalue weighted by atomic mass is 16.4. The Bertz CT molecular complexity index is 1130. The molecule has 0 saturated heterocycles. The number of nitrogens with one attached hydrogen (secondary N) is 2. The molecule has 0 radical (unpaired) electrons. The fraction of sp³-hybridized carbons (Fsp3) is 0.190. The number of hydrogen-bond donors (Lipinski definition) is 3. The molecule has 0 unspecified atom stereocenters. The van der Waals surface area contributed by atoms with Crippen LogP contribution in [-0.2, 0) is 4.79 Å². The molecule has 6 nitrogen and oxygen atoms in total. The molecule has 136 valence electrons. The monoisotopic (exact) mass is 362 g/mol. The number of aromatic nitrogens is 1. The summed E-state index contributed by atoms with van der Waals surface area (Å²) in [6, 6.07) is 13.9. The van der Waals surface area contributed by atoms with Crippen molar-refractivity contribution in [1.29, 1.82) is 0 Å². The molecule has 1 aliphatic rings. The second kappa shape index (κ2) is 6.39. The van der Waals surface area contributed by atoms with Gasteiger partial charge in [-0.3, -0.25) is 14.4 Å². The molecule has 0 saturated carbocycles. The molecule has 6 heteroatoms. The molecule has 1 aromatic heterocycles.